The first kappa shape index (κ1) is 17.4. The van der Waals surface area contributed by atoms with E-state index in [1.807, 2.05) is 0 Å². The predicted molar refractivity (Wildman–Crippen MR) is 76.7 cm³/mol. The maximum Gasteiger partial charge on any atom is 0.387 e. The predicted octanol–water partition coefficient (Wildman–Crippen LogP) is 4.12. The number of anilines is 1. The lowest BCUT2D eigenvalue weighted by atomic mass is 10.2. The Bertz CT molecular complexity index is 447. The van der Waals surface area contributed by atoms with Gasteiger partial charge < -0.3 is 19.5 Å². The average Bonchev–Trinajstić information content (AvgIpc) is 2.34. The van der Waals surface area contributed by atoms with Crippen LogP contribution < -0.4 is 10.1 Å². The summed E-state index contributed by atoms with van der Waals surface area (Å²) in [7, 11) is 2.97. The summed E-state index contributed by atoms with van der Waals surface area (Å²) in [5, 5.41) is 3.35. The molecule has 0 spiro atoms. The van der Waals surface area contributed by atoms with Crippen molar-refractivity contribution in [2.75, 3.05) is 19.5 Å². The number of benzene rings is 1. The van der Waals surface area contributed by atoms with Gasteiger partial charge >= 0.3 is 6.61 Å². The molecule has 4 nitrogen and oxygen atoms in total. The zero-order valence-electron chi connectivity index (χ0n) is 11.1. The minimum absolute atomic E-state index is 0.0257. The molecule has 1 N–H and O–H groups in total. The van der Waals surface area contributed by atoms with Crippen molar-refractivity contribution in [3.05, 3.63) is 21.6 Å². The van der Waals surface area contributed by atoms with Gasteiger partial charge in [-0.1, -0.05) is 11.6 Å². The molecule has 1 aromatic carbocycles. The third kappa shape index (κ3) is 4.73. The topological polar surface area (TPSA) is 39.7 Å². The van der Waals surface area contributed by atoms with Crippen molar-refractivity contribution < 1.29 is 23.0 Å². The number of halogens is 4. The van der Waals surface area contributed by atoms with Crippen LogP contribution >= 0.6 is 27.5 Å². The zero-order chi connectivity index (χ0) is 15.3. The van der Waals surface area contributed by atoms with Gasteiger partial charge in [0.1, 0.15) is 0 Å². The zero-order valence-corrected chi connectivity index (χ0v) is 13.5. The van der Waals surface area contributed by atoms with Gasteiger partial charge in [0.2, 0.25) is 0 Å². The molecule has 1 rings (SSSR count). The number of alkyl halides is 2. The summed E-state index contributed by atoms with van der Waals surface area (Å²) in [6.07, 6.45) is -0.549. The van der Waals surface area contributed by atoms with Crippen molar-refractivity contribution in [1.82, 2.24) is 0 Å². The second-order valence-electron chi connectivity index (χ2n) is 3.92. The molecule has 0 saturated heterocycles. The molecule has 8 heteroatoms. The van der Waals surface area contributed by atoms with Gasteiger partial charge in [-0.25, -0.2) is 0 Å². The minimum Gasteiger partial charge on any atom is -0.431 e. The molecular formula is C12H15BrClF2NO3. The highest BCUT2D eigenvalue weighted by Gasteiger charge is 2.20. The van der Waals surface area contributed by atoms with E-state index in [-0.39, 0.29) is 11.8 Å². The molecule has 0 saturated carbocycles. The highest BCUT2D eigenvalue weighted by molar-refractivity contribution is 9.10. The third-order valence-corrected chi connectivity index (χ3v) is 3.28. The molecule has 0 bridgehead atoms. The Hall–Kier alpha value is -0.630. The van der Waals surface area contributed by atoms with Gasteiger partial charge in [0.25, 0.3) is 0 Å². The lowest BCUT2D eigenvalue weighted by Crippen LogP contribution is -2.34. The third-order valence-electron chi connectivity index (χ3n) is 2.47. The molecule has 0 amide bonds. The van der Waals surface area contributed by atoms with E-state index in [9.17, 15) is 8.78 Å². The maximum atomic E-state index is 12.5. The van der Waals surface area contributed by atoms with Crippen LogP contribution in [-0.4, -0.2) is 33.2 Å². The average molecular weight is 375 g/mol. The summed E-state index contributed by atoms with van der Waals surface area (Å²) in [5.41, 5.74) is 0.316. The van der Waals surface area contributed by atoms with Crippen molar-refractivity contribution in [3.63, 3.8) is 0 Å². The number of ether oxygens (including phenoxy) is 3. The first-order valence-electron chi connectivity index (χ1n) is 5.65. The molecule has 0 aliphatic rings. The van der Waals surface area contributed by atoms with Gasteiger partial charge in [0, 0.05) is 19.2 Å². The summed E-state index contributed by atoms with van der Waals surface area (Å²) in [5.74, 6) is -0.0257. The van der Waals surface area contributed by atoms with Gasteiger partial charge in [-0.3, -0.25) is 0 Å². The Kier molecular flexibility index (Phi) is 6.94. The minimum atomic E-state index is -2.94. The Labute approximate surface area is 129 Å². The van der Waals surface area contributed by atoms with Crippen LogP contribution in [0.3, 0.4) is 0 Å². The van der Waals surface area contributed by atoms with E-state index < -0.39 is 12.9 Å². The summed E-state index contributed by atoms with van der Waals surface area (Å²) >= 11 is 9.06. The van der Waals surface area contributed by atoms with Crippen molar-refractivity contribution in [2.45, 2.75) is 25.9 Å². The lowest BCUT2D eigenvalue weighted by Gasteiger charge is -2.24. The summed E-state index contributed by atoms with van der Waals surface area (Å²) in [6, 6.07) is 2.65. The smallest absolute Gasteiger partial charge is 0.387 e. The fourth-order valence-corrected chi connectivity index (χ4v) is 2.60. The maximum absolute atomic E-state index is 12.5. The second kappa shape index (κ2) is 7.97. The van der Waals surface area contributed by atoms with Gasteiger partial charge in [0.15, 0.2) is 12.0 Å². The Morgan fingerprint density at radius 2 is 1.85 bits per heavy atom. The monoisotopic (exact) mass is 373 g/mol. The SMILES string of the molecule is COC(OC)C(C)Nc1cc(Cl)cc(Br)c1OC(F)F. The van der Waals surface area contributed by atoms with Gasteiger partial charge in [-0.05, 0) is 35.0 Å². The Balaban J connectivity index is 3.03. The normalized spacial score (nSPS) is 12.8. The Morgan fingerprint density at radius 1 is 1.25 bits per heavy atom. The standard InChI is InChI=1S/C12H15BrClF2NO3/c1-6(11(18-2)19-3)17-9-5-7(14)4-8(13)10(9)20-12(15)16/h4-6,11-12,17H,1-3H3. The fraction of sp³-hybridized carbons (Fsp3) is 0.500. The van der Waals surface area contributed by atoms with Crippen molar-refractivity contribution >= 4 is 33.2 Å². The van der Waals surface area contributed by atoms with Crippen LogP contribution in [0.15, 0.2) is 16.6 Å². The molecule has 114 valence electrons. The van der Waals surface area contributed by atoms with Crippen molar-refractivity contribution in [3.8, 4) is 5.75 Å². The quantitative estimate of drug-likeness (QED) is 0.729. The molecule has 1 aromatic rings. The molecule has 1 unspecified atom stereocenters. The highest BCUT2D eigenvalue weighted by atomic mass is 79.9. The number of hydrogen-bond donors (Lipinski definition) is 1. The van der Waals surface area contributed by atoms with Crippen LogP contribution in [0.1, 0.15) is 6.92 Å². The molecule has 20 heavy (non-hydrogen) atoms. The molecule has 0 fully saturated rings. The number of methoxy groups -OCH3 is 2. The summed E-state index contributed by atoms with van der Waals surface area (Å²) in [6.45, 7) is -1.16. The molecule has 0 aliphatic carbocycles. The van der Waals surface area contributed by atoms with E-state index in [0.717, 1.165) is 0 Å². The van der Waals surface area contributed by atoms with E-state index in [1.54, 1.807) is 6.92 Å². The van der Waals surface area contributed by atoms with Gasteiger partial charge in [-0.2, -0.15) is 8.78 Å². The Morgan fingerprint density at radius 3 is 2.35 bits per heavy atom. The van der Waals surface area contributed by atoms with Crippen LogP contribution in [0.5, 0.6) is 5.75 Å². The highest BCUT2D eigenvalue weighted by Crippen LogP contribution is 2.38. The van der Waals surface area contributed by atoms with E-state index in [4.69, 9.17) is 21.1 Å². The first-order chi connectivity index (χ1) is 9.38. The molecule has 0 radical (unpaired) electrons. The van der Waals surface area contributed by atoms with E-state index in [2.05, 4.69) is 26.0 Å². The number of hydrogen-bond acceptors (Lipinski definition) is 4. The summed E-state index contributed by atoms with van der Waals surface area (Å²) < 4.78 is 39.9. The first-order valence-corrected chi connectivity index (χ1v) is 6.82. The van der Waals surface area contributed by atoms with Crippen LogP contribution in [-0.2, 0) is 9.47 Å². The van der Waals surface area contributed by atoms with E-state index >= 15 is 0 Å². The second-order valence-corrected chi connectivity index (χ2v) is 5.21. The van der Waals surface area contributed by atoms with Crippen molar-refractivity contribution in [1.29, 1.82) is 0 Å². The van der Waals surface area contributed by atoms with Crippen LogP contribution in [0.25, 0.3) is 0 Å². The molecule has 0 aliphatic heterocycles. The van der Waals surface area contributed by atoms with Crippen LogP contribution in [0.4, 0.5) is 14.5 Å². The number of rotatable bonds is 7. The van der Waals surface area contributed by atoms with Crippen molar-refractivity contribution in [2.24, 2.45) is 0 Å². The summed E-state index contributed by atoms with van der Waals surface area (Å²) in [4.78, 5) is 0. The van der Waals surface area contributed by atoms with Gasteiger partial charge in [-0.15, -0.1) is 0 Å². The molecule has 1 atom stereocenters. The largest absolute Gasteiger partial charge is 0.431 e. The van der Waals surface area contributed by atoms with E-state index in [1.165, 1.54) is 26.4 Å². The van der Waals surface area contributed by atoms with E-state index in [0.29, 0.717) is 15.2 Å². The van der Waals surface area contributed by atoms with Gasteiger partial charge in [0.05, 0.1) is 16.2 Å². The molecular weight excluding hydrogens is 359 g/mol. The van der Waals surface area contributed by atoms with Crippen LogP contribution in [0, 0.1) is 0 Å². The van der Waals surface area contributed by atoms with Crippen LogP contribution in [0.2, 0.25) is 5.02 Å². The molecule has 0 heterocycles. The molecule has 0 aromatic heterocycles. The fourth-order valence-electron chi connectivity index (χ4n) is 1.69. The number of nitrogens with one attached hydrogen (secondary N) is 1. The lowest BCUT2D eigenvalue weighted by molar-refractivity contribution is -0.109.